The second-order valence-electron chi connectivity index (χ2n) is 7.55. The molecule has 4 rings (SSSR count). The number of carbonyl (C=O) groups excluding carboxylic acids is 1. The van der Waals surface area contributed by atoms with Crippen molar-refractivity contribution in [2.45, 2.75) is 32.9 Å². The van der Waals surface area contributed by atoms with Crippen LogP contribution in [0.2, 0.25) is 0 Å². The third kappa shape index (κ3) is 4.50. The predicted molar refractivity (Wildman–Crippen MR) is 120 cm³/mol. The molecule has 0 spiro atoms. The molecule has 2 heterocycles. The van der Waals surface area contributed by atoms with Crippen LogP contribution in [-0.4, -0.2) is 21.8 Å². The van der Waals surface area contributed by atoms with Crippen molar-refractivity contribution in [2.75, 3.05) is 6.79 Å². The van der Waals surface area contributed by atoms with Crippen LogP contribution in [0.25, 0.3) is 5.69 Å². The minimum absolute atomic E-state index is 0.150. The number of aryl methyl sites for hydroxylation is 1. The van der Waals surface area contributed by atoms with Gasteiger partial charge >= 0.3 is 5.69 Å². The number of hydrogen-bond donors (Lipinski definition) is 1. The fourth-order valence-corrected chi connectivity index (χ4v) is 3.52. The molecule has 0 radical (unpaired) electrons. The molecule has 9 nitrogen and oxygen atoms in total. The Morgan fingerprint density at radius 3 is 2.76 bits per heavy atom. The van der Waals surface area contributed by atoms with Gasteiger partial charge in [-0.1, -0.05) is 25.5 Å². The Morgan fingerprint density at radius 1 is 1.15 bits per heavy atom. The summed E-state index contributed by atoms with van der Waals surface area (Å²) in [5, 5.41) is 11.9. The lowest BCUT2D eigenvalue weighted by atomic mass is 10.2. The Balaban J connectivity index is 1.69. The monoisotopic (exact) mass is 446 g/mol. The minimum atomic E-state index is -0.744. The van der Waals surface area contributed by atoms with Crippen LogP contribution in [0.3, 0.4) is 0 Å². The van der Waals surface area contributed by atoms with Gasteiger partial charge in [0.25, 0.3) is 11.5 Å². The lowest BCUT2D eigenvalue weighted by molar-refractivity contribution is 0.0947. The predicted octanol–water partition coefficient (Wildman–Crippen LogP) is 2.33. The van der Waals surface area contributed by atoms with E-state index in [0.29, 0.717) is 30.0 Å². The van der Waals surface area contributed by atoms with E-state index in [2.05, 4.69) is 5.32 Å². The van der Waals surface area contributed by atoms with Gasteiger partial charge in [0.1, 0.15) is 5.56 Å². The van der Waals surface area contributed by atoms with E-state index in [4.69, 9.17) is 9.47 Å². The summed E-state index contributed by atoms with van der Waals surface area (Å²) in [5.41, 5.74) is -0.152. The highest BCUT2D eigenvalue weighted by Gasteiger charge is 2.19. The number of benzene rings is 2. The van der Waals surface area contributed by atoms with E-state index in [1.807, 2.05) is 13.0 Å². The lowest BCUT2D eigenvalue weighted by Crippen LogP contribution is -2.43. The number of carbonyl (C=O) groups is 1. The summed E-state index contributed by atoms with van der Waals surface area (Å²) in [6, 6.07) is 13.5. The van der Waals surface area contributed by atoms with Crippen molar-refractivity contribution in [1.82, 2.24) is 14.5 Å². The number of hydrogen-bond acceptors (Lipinski definition) is 6. The molecule has 1 aromatic heterocycles. The maximum absolute atomic E-state index is 13.2. The van der Waals surface area contributed by atoms with E-state index in [9.17, 15) is 19.6 Å². The van der Waals surface area contributed by atoms with Gasteiger partial charge < -0.3 is 14.8 Å². The van der Waals surface area contributed by atoms with Crippen LogP contribution in [0.15, 0.2) is 58.3 Å². The quantitative estimate of drug-likeness (QED) is 0.596. The topological polar surface area (TPSA) is 115 Å². The molecule has 168 valence electrons. The molecule has 3 aromatic rings. The summed E-state index contributed by atoms with van der Waals surface area (Å²) < 4.78 is 12.9. The van der Waals surface area contributed by atoms with Gasteiger partial charge in [-0.15, -0.1) is 0 Å². The van der Waals surface area contributed by atoms with E-state index in [1.165, 1.54) is 16.8 Å². The van der Waals surface area contributed by atoms with E-state index in [-0.39, 0.29) is 24.6 Å². The highest BCUT2D eigenvalue weighted by atomic mass is 16.7. The first-order valence-corrected chi connectivity index (χ1v) is 10.6. The Kier molecular flexibility index (Phi) is 6.26. The lowest BCUT2D eigenvalue weighted by Gasteiger charge is -2.13. The second kappa shape index (κ2) is 9.44. The largest absolute Gasteiger partial charge is 0.454 e. The number of fused-ring (bicyclic) bond motifs is 1. The van der Waals surface area contributed by atoms with Gasteiger partial charge in [0, 0.05) is 19.3 Å². The van der Waals surface area contributed by atoms with Crippen LogP contribution in [0.4, 0.5) is 0 Å². The maximum Gasteiger partial charge on any atom is 0.335 e. The number of nitrogens with zero attached hydrogens (tertiary/aromatic N) is 3. The van der Waals surface area contributed by atoms with Crippen molar-refractivity contribution in [1.29, 1.82) is 5.26 Å². The SMILES string of the molecule is CCCCn1cc(C(=O)NCc2ccc3c(c2)OCO3)c(=O)n(-c2cccc(C#N)c2)c1=O. The summed E-state index contributed by atoms with van der Waals surface area (Å²) in [5.74, 6) is 0.623. The molecule has 0 bridgehead atoms. The number of nitriles is 1. The first-order chi connectivity index (χ1) is 16.0. The average Bonchev–Trinajstić information content (AvgIpc) is 3.30. The highest BCUT2D eigenvalue weighted by molar-refractivity contribution is 5.93. The van der Waals surface area contributed by atoms with Gasteiger partial charge in [0.2, 0.25) is 6.79 Å². The van der Waals surface area contributed by atoms with Crippen LogP contribution in [0.5, 0.6) is 11.5 Å². The minimum Gasteiger partial charge on any atom is -0.454 e. The van der Waals surface area contributed by atoms with E-state index in [0.717, 1.165) is 16.6 Å². The van der Waals surface area contributed by atoms with Crippen molar-refractivity contribution >= 4 is 5.91 Å². The zero-order chi connectivity index (χ0) is 23.4. The summed E-state index contributed by atoms with van der Waals surface area (Å²) >= 11 is 0. The molecule has 0 saturated heterocycles. The first-order valence-electron chi connectivity index (χ1n) is 10.6. The van der Waals surface area contributed by atoms with Crippen molar-refractivity contribution < 1.29 is 14.3 Å². The molecule has 0 fully saturated rings. The van der Waals surface area contributed by atoms with E-state index >= 15 is 0 Å². The summed E-state index contributed by atoms with van der Waals surface area (Å²) in [6.45, 7) is 2.65. The number of nitrogens with one attached hydrogen (secondary N) is 1. The Labute approximate surface area is 189 Å². The van der Waals surface area contributed by atoms with Gasteiger partial charge in [-0.3, -0.25) is 14.2 Å². The van der Waals surface area contributed by atoms with Crippen molar-refractivity contribution in [3.8, 4) is 23.3 Å². The molecule has 0 unspecified atom stereocenters. The fourth-order valence-electron chi connectivity index (χ4n) is 3.52. The number of aromatic nitrogens is 2. The molecule has 0 saturated carbocycles. The third-order valence-electron chi connectivity index (χ3n) is 5.28. The zero-order valence-corrected chi connectivity index (χ0v) is 18.0. The Hall–Kier alpha value is -4.32. The highest BCUT2D eigenvalue weighted by Crippen LogP contribution is 2.32. The summed E-state index contributed by atoms with van der Waals surface area (Å²) in [6.07, 6.45) is 2.84. The van der Waals surface area contributed by atoms with Crippen LogP contribution >= 0.6 is 0 Å². The molecule has 9 heteroatoms. The normalized spacial score (nSPS) is 11.8. The standard InChI is InChI=1S/C24H22N4O5/c1-2-3-9-27-14-19(22(29)26-13-17-7-8-20-21(11-17)33-15-32-20)23(30)28(24(27)31)18-6-4-5-16(10-18)12-25/h4-8,10-11,14H,2-3,9,13,15H2,1H3,(H,26,29). The number of unbranched alkanes of at least 4 members (excludes halogenated alkanes) is 1. The van der Waals surface area contributed by atoms with Crippen molar-refractivity contribution in [3.63, 3.8) is 0 Å². The molecular formula is C24H22N4O5. The van der Waals surface area contributed by atoms with Crippen molar-refractivity contribution in [3.05, 3.63) is 86.2 Å². The molecule has 1 N–H and O–H groups in total. The first kappa shape index (κ1) is 21.9. The molecule has 2 aromatic carbocycles. The molecule has 1 aliphatic heterocycles. The van der Waals surface area contributed by atoms with Crippen molar-refractivity contribution in [2.24, 2.45) is 0 Å². The Bertz CT molecular complexity index is 1370. The van der Waals surface area contributed by atoms with Gasteiger partial charge in [-0.2, -0.15) is 5.26 Å². The second-order valence-corrected chi connectivity index (χ2v) is 7.55. The number of amides is 1. The maximum atomic E-state index is 13.2. The van der Waals surface area contributed by atoms with Crippen LogP contribution < -0.4 is 26.0 Å². The molecular weight excluding hydrogens is 424 g/mol. The smallest absolute Gasteiger partial charge is 0.335 e. The van der Waals surface area contributed by atoms with E-state index < -0.39 is 17.2 Å². The van der Waals surface area contributed by atoms with Crippen LogP contribution in [0, 0.1) is 11.3 Å². The summed E-state index contributed by atoms with van der Waals surface area (Å²) in [7, 11) is 0. The molecule has 1 amide bonds. The summed E-state index contributed by atoms with van der Waals surface area (Å²) in [4.78, 5) is 39.2. The third-order valence-corrected chi connectivity index (χ3v) is 5.28. The Morgan fingerprint density at radius 2 is 1.97 bits per heavy atom. The molecule has 0 aliphatic carbocycles. The van der Waals surface area contributed by atoms with Gasteiger partial charge in [-0.25, -0.2) is 9.36 Å². The van der Waals surface area contributed by atoms with Gasteiger partial charge in [-0.05, 0) is 42.3 Å². The molecule has 1 aliphatic rings. The van der Waals surface area contributed by atoms with Crippen LogP contribution in [0.1, 0.15) is 41.3 Å². The van der Waals surface area contributed by atoms with Gasteiger partial charge in [0.15, 0.2) is 11.5 Å². The fraction of sp³-hybridized carbons (Fsp3) is 0.250. The van der Waals surface area contributed by atoms with E-state index in [1.54, 1.807) is 36.4 Å². The van der Waals surface area contributed by atoms with Crippen LogP contribution in [-0.2, 0) is 13.1 Å². The number of ether oxygens (including phenoxy) is 2. The van der Waals surface area contributed by atoms with Gasteiger partial charge in [0.05, 0.1) is 17.3 Å². The zero-order valence-electron chi connectivity index (χ0n) is 18.0. The molecule has 33 heavy (non-hydrogen) atoms. The average molecular weight is 446 g/mol. The number of rotatable bonds is 7. The molecule has 0 atom stereocenters.